The second-order valence-electron chi connectivity index (χ2n) is 7.42. The summed E-state index contributed by atoms with van der Waals surface area (Å²) in [7, 11) is 1.58. The Morgan fingerprint density at radius 3 is 2.32 bits per heavy atom. The number of thiophene rings is 1. The molecule has 0 radical (unpaired) electrons. The number of benzene rings is 3. The Kier molecular flexibility index (Phi) is 7.12. The molecule has 3 aromatic carbocycles. The van der Waals surface area contributed by atoms with Crippen LogP contribution < -0.4 is 20.7 Å². The Balaban J connectivity index is 1.37. The first-order valence-corrected chi connectivity index (χ1v) is 11.8. The number of carbonyl (C=O) groups is 2. The van der Waals surface area contributed by atoms with Gasteiger partial charge in [-0.2, -0.15) is 0 Å². The van der Waals surface area contributed by atoms with Crippen LogP contribution in [-0.4, -0.2) is 24.0 Å². The fourth-order valence-corrected chi connectivity index (χ4v) is 4.92. The number of hydrogen-bond donors (Lipinski definition) is 3. The van der Waals surface area contributed by atoms with Crippen LogP contribution in [0.2, 0.25) is 5.02 Å². The van der Waals surface area contributed by atoms with E-state index in [1.165, 1.54) is 11.3 Å². The lowest BCUT2D eigenvalue weighted by atomic mass is 10.1. The number of ether oxygens (including phenoxy) is 1. The van der Waals surface area contributed by atoms with Gasteiger partial charge in [0.15, 0.2) is 5.11 Å². The van der Waals surface area contributed by atoms with Gasteiger partial charge in [0.05, 0.1) is 12.1 Å². The highest BCUT2D eigenvalue weighted by atomic mass is 35.5. The first-order valence-electron chi connectivity index (χ1n) is 10.2. The molecule has 3 N–H and O–H groups in total. The molecule has 1 aromatic heterocycles. The third-order valence-corrected chi connectivity index (χ3v) is 6.81. The SMILES string of the molecule is COc1ccc2c(Cl)c(C(=O)NC(=S)Nc3ccc(NC(=O)c4cccc(C)c4)cc3)sc2c1. The van der Waals surface area contributed by atoms with Crippen molar-refractivity contribution in [2.45, 2.75) is 6.92 Å². The smallest absolute Gasteiger partial charge is 0.269 e. The summed E-state index contributed by atoms with van der Waals surface area (Å²) < 4.78 is 6.07. The summed E-state index contributed by atoms with van der Waals surface area (Å²) in [6.07, 6.45) is 0. The third kappa shape index (κ3) is 5.36. The number of rotatable bonds is 5. The number of amides is 2. The Morgan fingerprint density at radius 2 is 1.65 bits per heavy atom. The standard InChI is InChI=1S/C25H20ClN3O3S2/c1-14-4-3-5-15(12-14)23(30)27-16-6-8-17(9-7-16)28-25(33)29-24(31)22-21(26)19-11-10-18(32-2)13-20(19)34-22/h3-13H,1-2H3,(H,27,30)(H2,28,29,31,33). The Morgan fingerprint density at radius 1 is 0.941 bits per heavy atom. The summed E-state index contributed by atoms with van der Waals surface area (Å²) in [6.45, 7) is 1.94. The van der Waals surface area contributed by atoms with Crippen molar-refractivity contribution >= 4 is 73.5 Å². The summed E-state index contributed by atoms with van der Waals surface area (Å²) in [5.74, 6) is 0.0998. The Hall–Kier alpha value is -3.46. The highest BCUT2D eigenvalue weighted by Crippen LogP contribution is 2.37. The third-order valence-electron chi connectivity index (χ3n) is 4.95. The number of nitrogens with one attached hydrogen (secondary N) is 3. The number of aryl methyl sites for hydroxylation is 1. The Bertz CT molecular complexity index is 1400. The van der Waals surface area contributed by atoms with E-state index < -0.39 is 5.91 Å². The molecule has 172 valence electrons. The number of hydrogen-bond acceptors (Lipinski definition) is 5. The molecule has 0 aliphatic heterocycles. The molecule has 0 saturated carbocycles. The fraction of sp³-hybridized carbons (Fsp3) is 0.0800. The molecule has 4 aromatic rings. The van der Waals surface area contributed by atoms with Gasteiger partial charge in [0.2, 0.25) is 0 Å². The number of thiocarbonyl (C=S) groups is 1. The van der Waals surface area contributed by atoms with Crippen molar-refractivity contribution in [3.8, 4) is 5.75 Å². The second-order valence-corrected chi connectivity index (χ2v) is 9.25. The number of anilines is 2. The van der Waals surface area contributed by atoms with E-state index in [0.29, 0.717) is 32.6 Å². The van der Waals surface area contributed by atoms with Crippen LogP contribution in [0.25, 0.3) is 10.1 Å². The molecule has 0 saturated heterocycles. The van der Waals surface area contributed by atoms with Gasteiger partial charge in [0, 0.05) is 27.0 Å². The summed E-state index contributed by atoms with van der Waals surface area (Å²) in [5, 5.41) is 9.75. The average Bonchev–Trinajstić information content (AvgIpc) is 3.16. The van der Waals surface area contributed by atoms with Crippen molar-refractivity contribution in [3.05, 3.63) is 87.8 Å². The van der Waals surface area contributed by atoms with Crippen LogP contribution in [0.3, 0.4) is 0 Å². The summed E-state index contributed by atoms with van der Waals surface area (Å²) in [4.78, 5) is 25.5. The lowest BCUT2D eigenvalue weighted by molar-refractivity contribution is 0.0980. The molecule has 2 amide bonds. The quantitative estimate of drug-likeness (QED) is 0.277. The largest absolute Gasteiger partial charge is 0.497 e. The second kappa shape index (κ2) is 10.2. The van der Waals surface area contributed by atoms with Crippen molar-refractivity contribution in [1.82, 2.24) is 5.32 Å². The average molecular weight is 510 g/mol. The molecular weight excluding hydrogens is 490 g/mol. The minimum atomic E-state index is -0.398. The van der Waals surface area contributed by atoms with Crippen molar-refractivity contribution in [2.75, 3.05) is 17.7 Å². The number of methoxy groups -OCH3 is 1. The minimum Gasteiger partial charge on any atom is -0.497 e. The van der Waals surface area contributed by atoms with Crippen LogP contribution in [0.5, 0.6) is 5.75 Å². The molecule has 6 nitrogen and oxygen atoms in total. The topological polar surface area (TPSA) is 79.5 Å². The van der Waals surface area contributed by atoms with Gasteiger partial charge in [-0.25, -0.2) is 0 Å². The highest BCUT2D eigenvalue weighted by Gasteiger charge is 2.18. The van der Waals surface area contributed by atoms with E-state index in [0.717, 1.165) is 15.6 Å². The molecule has 1 heterocycles. The predicted octanol–water partition coefficient (Wildman–Crippen LogP) is 6.25. The molecule has 0 fully saturated rings. The molecule has 0 atom stereocenters. The number of carbonyl (C=O) groups excluding carboxylic acids is 2. The van der Waals surface area contributed by atoms with E-state index >= 15 is 0 Å². The van der Waals surface area contributed by atoms with Crippen LogP contribution in [0.1, 0.15) is 25.6 Å². The van der Waals surface area contributed by atoms with Crippen LogP contribution in [0.4, 0.5) is 11.4 Å². The van der Waals surface area contributed by atoms with E-state index in [-0.39, 0.29) is 11.0 Å². The van der Waals surface area contributed by atoms with Crippen molar-refractivity contribution < 1.29 is 14.3 Å². The summed E-state index contributed by atoms with van der Waals surface area (Å²) in [6, 6.07) is 19.8. The summed E-state index contributed by atoms with van der Waals surface area (Å²) >= 11 is 13.0. The van der Waals surface area contributed by atoms with Gasteiger partial charge in [-0.3, -0.25) is 14.9 Å². The molecule has 9 heteroatoms. The maximum absolute atomic E-state index is 12.7. The molecule has 34 heavy (non-hydrogen) atoms. The maximum Gasteiger partial charge on any atom is 0.269 e. The van der Waals surface area contributed by atoms with Gasteiger partial charge in [-0.15, -0.1) is 11.3 Å². The predicted molar refractivity (Wildman–Crippen MR) is 143 cm³/mol. The number of fused-ring (bicyclic) bond motifs is 1. The van der Waals surface area contributed by atoms with Gasteiger partial charge >= 0.3 is 0 Å². The van der Waals surface area contributed by atoms with Gasteiger partial charge in [-0.1, -0.05) is 29.3 Å². The molecule has 0 spiro atoms. The zero-order valence-corrected chi connectivity index (χ0v) is 20.7. The van der Waals surface area contributed by atoms with Gasteiger partial charge in [0.1, 0.15) is 10.6 Å². The molecular formula is C25H20ClN3O3S2. The normalized spacial score (nSPS) is 10.6. The maximum atomic E-state index is 12.7. The first-order chi connectivity index (χ1) is 16.3. The van der Waals surface area contributed by atoms with E-state index in [1.807, 2.05) is 37.3 Å². The van der Waals surface area contributed by atoms with Crippen LogP contribution in [-0.2, 0) is 0 Å². The molecule has 0 aliphatic carbocycles. The molecule has 0 bridgehead atoms. The summed E-state index contributed by atoms with van der Waals surface area (Å²) in [5.41, 5.74) is 2.90. The first kappa shape index (κ1) is 23.7. The zero-order valence-electron chi connectivity index (χ0n) is 18.3. The zero-order chi connectivity index (χ0) is 24.2. The lowest BCUT2D eigenvalue weighted by Gasteiger charge is -2.10. The molecule has 4 rings (SSSR count). The number of halogens is 1. The van der Waals surface area contributed by atoms with Gasteiger partial charge in [-0.05, 0) is 73.7 Å². The lowest BCUT2D eigenvalue weighted by Crippen LogP contribution is -2.33. The van der Waals surface area contributed by atoms with E-state index in [2.05, 4.69) is 16.0 Å². The van der Waals surface area contributed by atoms with Crippen molar-refractivity contribution in [1.29, 1.82) is 0 Å². The monoisotopic (exact) mass is 509 g/mol. The van der Waals surface area contributed by atoms with Gasteiger partial charge in [0.25, 0.3) is 11.8 Å². The van der Waals surface area contributed by atoms with Gasteiger partial charge < -0.3 is 15.4 Å². The highest BCUT2D eigenvalue weighted by molar-refractivity contribution is 7.80. The minimum absolute atomic E-state index is 0.132. The molecule has 0 aliphatic rings. The van der Waals surface area contributed by atoms with E-state index in [4.69, 9.17) is 28.6 Å². The van der Waals surface area contributed by atoms with E-state index in [9.17, 15) is 9.59 Å². The fourth-order valence-electron chi connectivity index (χ4n) is 3.27. The van der Waals surface area contributed by atoms with Crippen LogP contribution in [0.15, 0.2) is 66.7 Å². The van der Waals surface area contributed by atoms with E-state index in [1.54, 1.807) is 43.5 Å². The van der Waals surface area contributed by atoms with Crippen molar-refractivity contribution in [2.24, 2.45) is 0 Å². The molecule has 0 unspecified atom stereocenters. The Labute approximate surface area is 210 Å². The van der Waals surface area contributed by atoms with Crippen LogP contribution in [0, 0.1) is 6.92 Å². The van der Waals surface area contributed by atoms with Crippen LogP contribution >= 0.6 is 35.2 Å². The van der Waals surface area contributed by atoms with Crippen molar-refractivity contribution in [3.63, 3.8) is 0 Å².